The van der Waals surface area contributed by atoms with Crippen LogP contribution >= 0.6 is 15.9 Å². The average molecular weight is 295 g/mol. The standard InChI is InChI=1S/C13H15BrN2O/c14-9-10-2-6-16(7-3-10)13-11-4-8-17-12(11)1-5-15-13/h1,4-5,8,10H,2-3,6-7,9H2. The largest absolute Gasteiger partial charge is 0.464 e. The highest BCUT2D eigenvalue weighted by molar-refractivity contribution is 9.09. The molecule has 2 aromatic rings. The minimum atomic E-state index is 0.815. The van der Waals surface area contributed by atoms with Crippen LogP contribution in [0, 0.1) is 5.92 Å². The number of aromatic nitrogens is 1. The fourth-order valence-corrected chi connectivity index (χ4v) is 3.08. The smallest absolute Gasteiger partial charge is 0.139 e. The molecule has 1 aliphatic heterocycles. The van der Waals surface area contributed by atoms with E-state index in [1.807, 2.05) is 18.3 Å². The summed E-state index contributed by atoms with van der Waals surface area (Å²) in [4.78, 5) is 6.88. The van der Waals surface area contributed by atoms with Gasteiger partial charge in [0.1, 0.15) is 11.4 Å². The number of anilines is 1. The van der Waals surface area contributed by atoms with Crippen LogP contribution in [-0.2, 0) is 0 Å². The highest BCUT2D eigenvalue weighted by atomic mass is 79.9. The summed E-state index contributed by atoms with van der Waals surface area (Å²) in [5.41, 5.74) is 0.928. The lowest BCUT2D eigenvalue weighted by Crippen LogP contribution is -2.34. The number of hydrogen-bond donors (Lipinski definition) is 0. The molecule has 1 aliphatic rings. The molecule has 0 spiro atoms. The molecule has 0 amide bonds. The molecule has 1 fully saturated rings. The zero-order chi connectivity index (χ0) is 11.7. The third-order valence-electron chi connectivity index (χ3n) is 3.49. The quantitative estimate of drug-likeness (QED) is 0.795. The normalized spacial score (nSPS) is 17.8. The third kappa shape index (κ3) is 2.06. The van der Waals surface area contributed by atoms with Crippen molar-refractivity contribution in [2.75, 3.05) is 23.3 Å². The minimum Gasteiger partial charge on any atom is -0.464 e. The molecular weight excluding hydrogens is 280 g/mol. The number of furan rings is 1. The van der Waals surface area contributed by atoms with E-state index in [0.717, 1.165) is 41.1 Å². The van der Waals surface area contributed by atoms with E-state index in [4.69, 9.17) is 4.42 Å². The fourth-order valence-electron chi connectivity index (χ4n) is 2.43. The number of piperidine rings is 1. The summed E-state index contributed by atoms with van der Waals surface area (Å²) < 4.78 is 5.42. The number of halogens is 1. The topological polar surface area (TPSA) is 29.3 Å². The number of nitrogens with zero attached hydrogens (tertiary/aromatic N) is 2. The molecule has 0 aliphatic carbocycles. The molecular formula is C13H15BrN2O. The van der Waals surface area contributed by atoms with Gasteiger partial charge < -0.3 is 9.32 Å². The lowest BCUT2D eigenvalue weighted by atomic mass is 9.99. The summed E-state index contributed by atoms with van der Waals surface area (Å²) >= 11 is 3.57. The second-order valence-electron chi connectivity index (χ2n) is 4.55. The van der Waals surface area contributed by atoms with E-state index in [1.54, 1.807) is 6.26 Å². The van der Waals surface area contributed by atoms with Gasteiger partial charge in [0.2, 0.25) is 0 Å². The van der Waals surface area contributed by atoms with Gasteiger partial charge in [0.15, 0.2) is 0 Å². The zero-order valence-corrected chi connectivity index (χ0v) is 11.2. The molecule has 0 radical (unpaired) electrons. The first kappa shape index (κ1) is 11.1. The Kier molecular flexibility index (Phi) is 3.05. The van der Waals surface area contributed by atoms with Crippen LogP contribution in [0.3, 0.4) is 0 Å². The number of pyridine rings is 1. The van der Waals surface area contributed by atoms with Crippen LogP contribution in [0.2, 0.25) is 0 Å². The molecule has 0 aromatic carbocycles. The molecule has 3 nitrogen and oxygen atoms in total. The van der Waals surface area contributed by atoms with E-state index in [-0.39, 0.29) is 0 Å². The monoisotopic (exact) mass is 294 g/mol. The van der Waals surface area contributed by atoms with Gasteiger partial charge in [0, 0.05) is 24.6 Å². The van der Waals surface area contributed by atoms with Crippen LogP contribution in [0.1, 0.15) is 12.8 Å². The Morgan fingerprint density at radius 1 is 1.35 bits per heavy atom. The lowest BCUT2D eigenvalue weighted by Gasteiger charge is -2.32. The Balaban J connectivity index is 1.87. The lowest BCUT2D eigenvalue weighted by molar-refractivity contribution is 0.446. The fraction of sp³-hybridized carbons (Fsp3) is 0.462. The number of fused-ring (bicyclic) bond motifs is 1. The second kappa shape index (κ2) is 4.69. The van der Waals surface area contributed by atoms with Gasteiger partial charge in [-0.1, -0.05) is 15.9 Å². The molecule has 3 rings (SSSR count). The van der Waals surface area contributed by atoms with Crippen molar-refractivity contribution in [2.24, 2.45) is 5.92 Å². The van der Waals surface area contributed by atoms with E-state index in [2.05, 4.69) is 25.8 Å². The molecule has 0 atom stereocenters. The first-order valence-electron chi connectivity index (χ1n) is 6.01. The highest BCUT2D eigenvalue weighted by Crippen LogP contribution is 2.29. The zero-order valence-electron chi connectivity index (χ0n) is 9.60. The second-order valence-corrected chi connectivity index (χ2v) is 5.20. The minimum absolute atomic E-state index is 0.815. The van der Waals surface area contributed by atoms with Crippen LogP contribution in [0.25, 0.3) is 11.0 Å². The summed E-state index contributed by atoms with van der Waals surface area (Å²) in [5.74, 6) is 1.89. The van der Waals surface area contributed by atoms with Gasteiger partial charge in [0.25, 0.3) is 0 Å². The van der Waals surface area contributed by atoms with Crippen molar-refractivity contribution in [3.63, 3.8) is 0 Å². The predicted octanol–water partition coefficient (Wildman–Crippen LogP) is 3.44. The highest BCUT2D eigenvalue weighted by Gasteiger charge is 2.20. The molecule has 4 heteroatoms. The SMILES string of the molecule is BrCC1CCN(c2nccc3occc23)CC1. The Morgan fingerprint density at radius 2 is 2.18 bits per heavy atom. The maximum absolute atomic E-state index is 5.42. The van der Waals surface area contributed by atoms with Crippen molar-refractivity contribution in [3.8, 4) is 0 Å². The van der Waals surface area contributed by atoms with Gasteiger partial charge in [-0.25, -0.2) is 4.98 Å². The molecule has 0 unspecified atom stereocenters. The van der Waals surface area contributed by atoms with Crippen LogP contribution in [-0.4, -0.2) is 23.4 Å². The van der Waals surface area contributed by atoms with Crippen LogP contribution in [0.5, 0.6) is 0 Å². The van der Waals surface area contributed by atoms with Gasteiger partial charge in [-0.3, -0.25) is 0 Å². The van der Waals surface area contributed by atoms with Crippen molar-refractivity contribution in [3.05, 3.63) is 24.6 Å². The molecule has 17 heavy (non-hydrogen) atoms. The third-order valence-corrected chi connectivity index (χ3v) is 4.41. The summed E-state index contributed by atoms with van der Waals surface area (Å²) in [6.45, 7) is 2.18. The Hall–Kier alpha value is -1.03. The number of rotatable bonds is 2. The number of hydrogen-bond acceptors (Lipinski definition) is 3. The summed E-state index contributed by atoms with van der Waals surface area (Å²) in [6, 6.07) is 3.93. The summed E-state index contributed by atoms with van der Waals surface area (Å²) in [6.07, 6.45) is 6.04. The summed E-state index contributed by atoms with van der Waals surface area (Å²) in [5, 5.41) is 2.24. The first-order chi connectivity index (χ1) is 8.38. The number of alkyl halides is 1. The van der Waals surface area contributed by atoms with E-state index in [1.165, 1.54) is 12.8 Å². The predicted molar refractivity (Wildman–Crippen MR) is 72.7 cm³/mol. The molecule has 0 bridgehead atoms. The Morgan fingerprint density at radius 3 is 2.94 bits per heavy atom. The van der Waals surface area contributed by atoms with Crippen molar-refractivity contribution >= 4 is 32.7 Å². The van der Waals surface area contributed by atoms with E-state index in [0.29, 0.717) is 0 Å². The Bertz CT molecular complexity index is 503. The molecule has 90 valence electrons. The molecule has 3 heterocycles. The maximum atomic E-state index is 5.42. The van der Waals surface area contributed by atoms with Crippen molar-refractivity contribution < 1.29 is 4.42 Å². The molecule has 0 N–H and O–H groups in total. The van der Waals surface area contributed by atoms with E-state index >= 15 is 0 Å². The van der Waals surface area contributed by atoms with Crippen molar-refractivity contribution in [1.82, 2.24) is 4.98 Å². The molecule has 1 saturated heterocycles. The van der Waals surface area contributed by atoms with Crippen LogP contribution < -0.4 is 4.90 Å². The van der Waals surface area contributed by atoms with Crippen LogP contribution in [0.4, 0.5) is 5.82 Å². The van der Waals surface area contributed by atoms with Gasteiger partial charge in [-0.15, -0.1) is 0 Å². The average Bonchev–Trinajstić information content (AvgIpc) is 2.87. The maximum Gasteiger partial charge on any atom is 0.139 e. The van der Waals surface area contributed by atoms with Crippen molar-refractivity contribution in [1.29, 1.82) is 0 Å². The van der Waals surface area contributed by atoms with Gasteiger partial charge in [0.05, 0.1) is 11.6 Å². The van der Waals surface area contributed by atoms with Crippen LogP contribution in [0.15, 0.2) is 29.0 Å². The van der Waals surface area contributed by atoms with Gasteiger partial charge >= 0.3 is 0 Å². The first-order valence-corrected chi connectivity index (χ1v) is 7.14. The molecule has 2 aromatic heterocycles. The van der Waals surface area contributed by atoms with E-state index < -0.39 is 0 Å². The summed E-state index contributed by atoms with van der Waals surface area (Å²) in [7, 11) is 0. The van der Waals surface area contributed by atoms with Gasteiger partial charge in [-0.05, 0) is 30.9 Å². The van der Waals surface area contributed by atoms with Gasteiger partial charge in [-0.2, -0.15) is 0 Å². The van der Waals surface area contributed by atoms with Crippen molar-refractivity contribution in [2.45, 2.75) is 12.8 Å². The molecule has 0 saturated carbocycles. The Labute approximate surface area is 109 Å². The van der Waals surface area contributed by atoms with E-state index in [9.17, 15) is 0 Å².